The molecule has 0 N–H and O–H groups in total. The molecule has 0 aliphatic heterocycles. The first-order valence-corrected chi connectivity index (χ1v) is 5.39. The van der Waals surface area contributed by atoms with Crippen LogP contribution in [0.15, 0.2) is 29.2 Å². The molecule has 0 aromatic heterocycles. The maximum absolute atomic E-state index is 11.4. The smallest absolute Gasteiger partial charge is 0.258 e. The van der Waals surface area contributed by atoms with Crippen molar-refractivity contribution in [3.05, 3.63) is 41.3 Å². The van der Waals surface area contributed by atoms with Gasteiger partial charge in [0.05, 0.1) is 10.7 Å². The zero-order valence-electron chi connectivity index (χ0n) is 7.21. The summed E-state index contributed by atoms with van der Waals surface area (Å²) in [6, 6.07) is 5.22. The quantitative estimate of drug-likeness (QED) is 0.559. The van der Waals surface area contributed by atoms with E-state index in [9.17, 15) is 18.5 Å². The summed E-state index contributed by atoms with van der Waals surface area (Å²) in [5.41, 5.74) is -0.406. The average Bonchev–Trinajstić information content (AvgIpc) is 2.18. The first-order chi connectivity index (χ1) is 6.49. The van der Waals surface area contributed by atoms with Gasteiger partial charge in [-0.25, -0.2) is 8.42 Å². The lowest BCUT2D eigenvalue weighted by molar-refractivity contribution is -0.387. The van der Waals surface area contributed by atoms with E-state index in [1.807, 2.05) is 0 Å². The third kappa shape index (κ3) is 1.90. The Bertz CT molecular complexity index is 452. The van der Waals surface area contributed by atoms with Gasteiger partial charge in [-0.15, -0.1) is 0 Å². The predicted molar refractivity (Wildman–Crippen MR) is 50.5 cm³/mol. The van der Waals surface area contributed by atoms with E-state index in [1.165, 1.54) is 18.2 Å². The molecule has 0 amide bonds. The summed E-state index contributed by atoms with van der Waals surface area (Å²) < 4.78 is 22.7. The third-order valence-corrected chi connectivity index (χ3v) is 3.22. The lowest BCUT2D eigenvalue weighted by Crippen LogP contribution is -2.06. The van der Waals surface area contributed by atoms with Gasteiger partial charge in [0.15, 0.2) is 9.84 Å². The molecule has 0 aliphatic carbocycles. The van der Waals surface area contributed by atoms with Crippen LogP contribution in [-0.2, 0) is 9.84 Å². The summed E-state index contributed by atoms with van der Waals surface area (Å²) in [7, 11) is -3.63. The average molecular weight is 214 g/mol. The maximum atomic E-state index is 11.4. The molecule has 1 aromatic rings. The van der Waals surface area contributed by atoms with Crippen LogP contribution in [0, 0.1) is 17.0 Å². The van der Waals surface area contributed by atoms with Crippen molar-refractivity contribution < 1.29 is 13.3 Å². The van der Waals surface area contributed by atoms with Crippen LogP contribution in [0.1, 0.15) is 0 Å². The van der Waals surface area contributed by atoms with E-state index in [0.29, 0.717) is 0 Å². The molecule has 0 unspecified atom stereocenters. The summed E-state index contributed by atoms with van der Waals surface area (Å²) >= 11 is 0. The van der Waals surface area contributed by atoms with E-state index in [0.717, 1.165) is 6.07 Å². The molecule has 0 bridgehead atoms. The van der Waals surface area contributed by atoms with Crippen LogP contribution in [0.2, 0.25) is 0 Å². The highest BCUT2D eigenvalue weighted by molar-refractivity contribution is 7.91. The Morgan fingerprint density at radius 2 is 1.93 bits per heavy atom. The highest BCUT2D eigenvalue weighted by Gasteiger charge is 2.22. The fourth-order valence-corrected chi connectivity index (χ4v) is 1.95. The zero-order valence-corrected chi connectivity index (χ0v) is 8.03. The number of rotatable bonds is 3. The Morgan fingerprint density at radius 1 is 1.36 bits per heavy atom. The maximum Gasteiger partial charge on any atom is 0.287 e. The number of benzene rings is 1. The normalized spacial score (nSPS) is 11.2. The van der Waals surface area contributed by atoms with Crippen molar-refractivity contribution in [2.45, 2.75) is 4.90 Å². The van der Waals surface area contributed by atoms with Crippen LogP contribution in [-0.4, -0.2) is 19.1 Å². The molecular formula is C8H8NO4S. The predicted octanol–water partition coefficient (Wildman–Crippen LogP) is 1.20. The molecule has 0 saturated heterocycles. The number of nitrogens with zero attached hydrogens (tertiary/aromatic N) is 1. The number of hydrogen-bond donors (Lipinski definition) is 0. The third-order valence-electron chi connectivity index (χ3n) is 1.67. The Morgan fingerprint density at radius 3 is 2.43 bits per heavy atom. The highest BCUT2D eigenvalue weighted by Crippen LogP contribution is 2.23. The van der Waals surface area contributed by atoms with Gasteiger partial charge in [-0.2, -0.15) is 0 Å². The minimum atomic E-state index is -3.63. The SMILES string of the molecule is [CH2]CS(=O)(=O)c1ccccc1[N+](=O)[O-]. The second-order valence-corrected chi connectivity index (χ2v) is 4.62. The molecular weight excluding hydrogens is 206 g/mol. The number of nitro groups is 1. The van der Waals surface area contributed by atoms with Gasteiger partial charge < -0.3 is 0 Å². The van der Waals surface area contributed by atoms with E-state index >= 15 is 0 Å². The van der Waals surface area contributed by atoms with Crippen LogP contribution in [0.4, 0.5) is 5.69 Å². The molecule has 0 heterocycles. The van der Waals surface area contributed by atoms with Crippen molar-refractivity contribution in [2.75, 3.05) is 5.75 Å². The first kappa shape index (κ1) is 10.6. The number of nitro benzene ring substituents is 1. The Labute approximate surface area is 81.4 Å². The zero-order chi connectivity index (χ0) is 10.8. The van der Waals surface area contributed by atoms with Gasteiger partial charge in [-0.1, -0.05) is 12.1 Å². The fourth-order valence-electron chi connectivity index (χ4n) is 0.981. The summed E-state index contributed by atoms with van der Waals surface area (Å²) in [4.78, 5) is 9.51. The van der Waals surface area contributed by atoms with Crippen molar-refractivity contribution in [2.24, 2.45) is 0 Å². The number of para-hydroxylation sites is 1. The van der Waals surface area contributed by atoms with Gasteiger partial charge in [0.2, 0.25) is 0 Å². The fraction of sp³-hybridized carbons (Fsp3) is 0.125. The van der Waals surface area contributed by atoms with Crippen molar-refractivity contribution in [3.63, 3.8) is 0 Å². The molecule has 1 rings (SSSR count). The Balaban J connectivity index is 3.42. The molecule has 5 nitrogen and oxygen atoms in total. The van der Waals surface area contributed by atoms with Crippen molar-refractivity contribution in [1.82, 2.24) is 0 Å². The second-order valence-electron chi connectivity index (χ2n) is 2.54. The topological polar surface area (TPSA) is 77.3 Å². The monoisotopic (exact) mass is 214 g/mol. The lowest BCUT2D eigenvalue weighted by Gasteiger charge is -2.01. The van der Waals surface area contributed by atoms with Crippen LogP contribution in [0.3, 0.4) is 0 Å². The molecule has 14 heavy (non-hydrogen) atoms. The van der Waals surface area contributed by atoms with Crippen LogP contribution in [0.5, 0.6) is 0 Å². The van der Waals surface area contributed by atoms with Gasteiger partial charge in [0.25, 0.3) is 5.69 Å². The minimum Gasteiger partial charge on any atom is -0.258 e. The van der Waals surface area contributed by atoms with Gasteiger partial charge in [-0.3, -0.25) is 10.1 Å². The Kier molecular flexibility index (Phi) is 2.85. The molecule has 0 saturated carbocycles. The molecule has 1 aromatic carbocycles. The molecule has 75 valence electrons. The van der Waals surface area contributed by atoms with Crippen molar-refractivity contribution in [3.8, 4) is 0 Å². The van der Waals surface area contributed by atoms with Gasteiger partial charge in [0.1, 0.15) is 4.90 Å². The Hall–Kier alpha value is -1.43. The largest absolute Gasteiger partial charge is 0.287 e. The second kappa shape index (κ2) is 3.75. The van der Waals surface area contributed by atoms with E-state index in [-0.39, 0.29) is 4.90 Å². The molecule has 0 fully saturated rings. The van der Waals surface area contributed by atoms with Gasteiger partial charge in [-0.05, 0) is 13.0 Å². The summed E-state index contributed by atoms with van der Waals surface area (Å²) in [5.74, 6) is -0.391. The summed E-state index contributed by atoms with van der Waals surface area (Å²) in [5, 5.41) is 10.5. The van der Waals surface area contributed by atoms with Gasteiger partial charge in [0, 0.05) is 6.07 Å². The van der Waals surface area contributed by atoms with E-state index in [2.05, 4.69) is 6.92 Å². The van der Waals surface area contributed by atoms with Crippen molar-refractivity contribution >= 4 is 15.5 Å². The summed E-state index contributed by atoms with van der Waals surface area (Å²) in [6.45, 7) is 3.22. The lowest BCUT2D eigenvalue weighted by atomic mass is 10.3. The number of sulfone groups is 1. The molecule has 1 radical (unpaired) electrons. The molecule has 0 spiro atoms. The van der Waals surface area contributed by atoms with E-state index in [4.69, 9.17) is 0 Å². The van der Waals surface area contributed by atoms with Crippen molar-refractivity contribution in [1.29, 1.82) is 0 Å². The summed E-state index contributed by atoms with van der Waals surface area (Å²) in [6.07, 6.45) is 0. The van der Waals surface area contributed by atoms with Crippen LogP contribution >= 0.6 is 0 Å². The van der Waals surface area contributed by atoms with Gasteiger partial charge >= 0.3 is 0 Å². The first-order valence-electron chi connectivity index (χ1n) is 3.74. The van der Waals surface area contributed by atoms with Crippen LogP contribution in [0.25, 0.3) is 0 Å². The molecule has 0 atom stereocenters. The highest BCUT2D eigenvalue weighted by atomic mass is 32.2. The van der Waals surface area contributed by atoms with Crippen LogP contribution < -0.4 is 0 Å². The molecule has 0 aliphatic rings. The standard InChI is InChI=1S/C8H8NO4S/c1-2-14(12,13)8-6-4-3-5-7(8)9(10)11/h3-6H,1-2H2. The van der Waals surface area contributed by atoms with E-state index < -0.39 is 26.2 Å². The number of hydrogen-bond acceptors (Lipinski definition) is 4. The molecule has 6 heteroatoms. The van der Waals surface area contributed by atoms with E-state index in [1.54, 1.807) is 0 Å². The minimum absolute atomic E-state index is 0.278.